The Morgan fingerprint density at radius 3 is 2.71 bits per heavy atom. The third-order valence-corrected chi connectivity index (χ3v) is 3.90. The normalized spacial score (nSPS) is 10.3. The lowest BCUT2D eigenvalue weighted by molar-refractivity contribution is 0.505. The number of hydrogen-bond acceptors (Lipinski definition) is 1. The molecule has 110 valence electrons. The van der Waals surface area contributed by atoms with Crippen LogP contribution in [0.1, 0.15) is 11.1 Å². The molecule has 0 aliphatic carbocycles. The summed E-state index contributed by atoms with van der Waals surface area (Å²) < 4.78 is 13.2. The van der Waals surface area contributed by atoms with E-state index in [4.69, 9.17) is 23.8 Å². The number of nitrogens with one attached hydrogen (secondary N) is 1. The molecule has 0 radical (unpaired) electrons. The second-order valence-corrected chi connectivity index (χ2v) is 5.67. The average molecular weight is 323 g/mol. The van der Waals surface area contributed by atoms with E-state index in [1.54, 1.807) is 6.07 Å². The fourth-order valence-corrected chi connectivity index (χ4v) is 2.23. The molecule has 0 amide bonds. The van der Waals surface area contributed by atoms with Crippen molar-refractivity contribution in [3.8, 4) is 0 Å². The van der Waals surface area contributed by atoms with Crippen LogP contribution in [0.15, 0.2) is 42.5 Å². The quantitative estimate of drug-likeness (QED) is 0.830. The smallest absolute Gasteiger partial charge is 0.173 e. The standard InChI is InChI=1S/C16H16ClFN2S/c1-11-6-7-14(9-15(11)17)19-16(21)20(2)10-12-4-3-5-13(18)8-12/h3-9H,10H2,1-2H3,(H,19,21). The molecule has 2 rings (SSSR count). The molecule has 0 aliphatic heterocycles. The summed E-state index contributed by atoms with van der Waals surface area (Å²) in [4.78, 5) is 1.85. The van der Waals surface area contributed by atoms with Gasteiger partial charge in [0.2, 0.25) is 0 Å². The highest BCUT2D eigenvalue weighted by molar-refractivity contribution is 7.80. The van der Waals surface area contributed by atoms with Gasteiger partial charge in [-0.15, -0.1) is 0 Å². The summed E-state index contributed by atoms with van der Waals surface area (Å²) in [6.07, 6.45) is 0. The van der Waals surface area contributed by atoms with Gasteiger partial charge in [0.15, 0.2) is 5.11 Å². The van der Waals surface area contributed by atoms with Crippen molar-refractivity contribution in [2.75, 3.05) is 12.4 Å². The van der Waals surface area contributed by atoms with Gasteiger partial charge in [0.1, 0.15) is 5.82 Å². The zero-order chi connectivity index (χ0) is 15.4. The van der Waals surface area contributed by atoms with E-state index in [0.29, 0.717) is 16.7 Å². The van der Waals surface area contributed by atoms with E-state index in [-0.39, 0.29) is 5.82 Å². The van der Waals surface area contributed by atoms with Crippen LogP contribution in [0.25, 0.3) is 0 Å². The van der Waals surface area contributed by atoms with Gasteiger partial charge in [-0.3, -0.25) is 0 Å². The van der Waals surface area contributed by atoms with Gasteiger partial charge in [0.25, 0.3) is 0 Å². The number of benzene rings is 2. The zero-order valence-electron chi connectivity index (χ0n) is 11.9. The van der Waals surface area contributed by atoms with Gasteiger partial charge in [-0.05, 0) is 54.5 Å². The van der Waals surface area contributed by atoms with Gasteiger partial charge in [0.05, 0.1) is 0 Å². The second-order valence-electron chi connectivity index (χ2n) is 4.88. The molecule has 2 aromatic carbocycles. The Morgan fingerprint density at radius 2 is 2.05 bits per heavy atom. The van der Waals surface area contributed by atoms with Crippen LogP contribution in [0.4, 0.5) is 10.1 Å². The molecule has 0 bridgehead atoms. The minimum atomic E-state index is -0.245. The highest BCUT2D eigenvalue weighted by Gasteiger charge is 2.07. The molecule has 0 heterocycles. The predicted molar refractivity (Wildman–Crippen MR) is 90.3 cm³/mol. The van der Waals surface area contributed by atoms with Crippen molar-refractivity contribution in [3.05, 3.63) is 64.4 Å². The lowest BCUT2D eigenvalue weighted by atomic mass is 10.2. The first-order valence-corrected chi connectivity index (χ1v) is 7.27. The molecule has 0 atom stereocenters. The van der Waals surface area contributed by atoms with E-state index >= 15 is 0 Å². The van der Waals surface area contributed by atoms with E-state index < -0.39 is 0 Å². The van der Waals surface area contributed by atoms with Gasteiger partial charge in [-0.1, -0.05) is 29.8 Å². The number of rotatable bonds is 3. The van der Waals surface area contributed by atoms with Crippen LogP contribution in [0.5, 0.6) is 0 Å². The average Bonchev–Trinajstić information content (AvgIpc) is 2.43. The minimum absolute atomic E-state index is 0.245. The molecule has 2 nitrogen and oxygen atoms in total. The van der Waals surface area contributed by atoms with Crippen molar-refractivity contribution in [2.24, 2.45) is 0 Å². The minimum Gasteiger partial charge on any atom is -0.348 e. The molecule has 5 heteroatoms. The molecule has 0 aliphatic rings. The first-order valence-electron chi connectivity index (χ1n) is 6.48. The number of thiocarbonyl (C=S) groups is 1. The molecule has 0 fully saturated rings. The topological polar surface area (TPSA) is 15.3 Å². The number of halogens is 2. The van der Waals surface area contributed by atoms with E-state index in [1.165, 1.54) is 12.1 Å². The fraction of sp³-hybridized carbons (Fsp3) is 0.188. The molecule has 0 aromatic heterocycles. The highest BCUT2D eigenvalue weighted by Crippen LogP contribution is 2.20. The maximum atomic E-state index is 13.2. The van der Waals surface area contributed by atoms with Crippen LogP contribution >= 0.6 is 23.8 Å². The summed E-state index contributed by atoms with van der Waals surface area (Å²) >= 11 is 11.4. The zero-order valence-corrected chi connectivity index (χ0v) is 13.4. The van der Waals surface area contributed by atoms with E-state index in [9.17, 15) is 4.39 Å². The number of anilines is 1. The summed E-state index contributed by atoms with van der Waals surface area (Å²) in [6.45, 7) is 2.48. The highest BCUT2D eigenvalue weighted by atomic mass is 35.5. The number of nitrogens with zero attached hydrogens (tertiary/aromatic N) is 1. The molecule has 0 saturated heterocycles. The molecule has 0 unspecified atom stereocenters. The van der Waals surface area contributed by atoms with Crippen LogP contribution in [0.3, 0.4) is 0 Å². The van der Waals surface area contributed by atoms with Crippen molar-refractivity contribution < 1.29 is 4.39 Å². The number of aryl methyl sites for hydroxylation is 1. The molecule has 0 spiro atoms. The van der Waals surface area contributed by atoms with Crippen molar-refractivity contribution in [1.29, 1.82) is 0 Å². The summed E-state index contributed by atoms with van der Waals surface area (Å²) in [5.74, 6) is -0.245. The SMILES string of the molecule is Cc1ccc(NC(=S)N(C)Cc2cccc(F)c2)cc1Cl. The molecular weight excluding hydrogens is 307 g/mol. The second kappa shape index (κ2) is 6.87. The largest absolute Gasteiger partial charge is 0.348 e. The van der Waals surface area contributed by atoms with E-state index in [0.717, 1.165) is 16.8 Å². The monoisotopic (exact) mass is 322 g/mol. The molecule has 21 heavy (non-hydrogen) atoms. The Morgan fingerprint density at radius 1 is 1.29 bits per heavy atom. The fourth-order valence-electron chi connectivity index (χ4n) is 1.87. The van der Waals surface area contributed by atoms with Gasteiger partial charge >= 0.3 is 0 Å². The summed E-state index contributed by atoms with van der Waals surface area (Å²) in [5.41, 5.74) is 2.71. The predicted octanol–water partition coefficient (Wildman–Crippen LogP) is 4.62. The summed E-state index contributed by atoms with van der Waals surface area (Å²) in [5, 5.41) is 4.37. The third-order valence-electron chi connectivity index (χ3n) is 3.08. The van der Waals surface area contributed by atoms with Crippen molar-refractivity contribution in [2.45, 2.75) is 13.5 Å². The van der Waals surface area contributed by atoms with E-state index in [1.807, 2.05) is 43.1 Å². The Labute approximate surface area is 134 Å². The molecule has 0 saturated carbocycles. The van der Waals surface area contributed by atoms with Gasteiger partial charge in [-0.25, -0.2) is 4.39 Å². The van der Waals surface area contributed by atoms with Gasteiger partial charge < -0.3 is 10.2 Å². The van der Waals surface area contributed by atoms with E-state index in [2.05, 4.69) is 5.32 Å². The molecular formula is C16H16ClFN2S. The first-order chi connectivity index (χ1) is 9.95. The third kappa shape index (κ3) is 4.41. The Kier molecular flexibility index (Phi) is 5.15. The first kappa shape index (κ1) is 15.7. The molecule has 2 aromatic rings. The Bertz CT molecular complexity index is 660. The lowest BCUT2D eigenvalue weighted by Crippen LogP contribution is -2.30. The summed E-state index contributed by atoms with van der Waals surface area (Å²) in [7, 11) is 1.86. The van der Waals surface area contributed by atoms with Crippen LogP contribution in [-0.4, -0.2) is 17.1 Å². The van der Waals surface area contributed by atoms with Gasteiger partial charge in [0, 0.05) is 24.3 Å². The lowest BCUT2D eigenvalue weighted by Gasteiger charge is -2.21. The Hall–Kier alpha value is -1.65. The molecule has 1 N–H and O–H groups in total. The van der Waals surface area contributed by atoms with Crippen LogP contribution in [0, 0.1) is 12.7 Å². The maximum Gasteiger partial charge on any atom is 0.173 e. The van der Waals surface area contributed by atoms with Crippen molar-refractivity contribution in [3.63, 3.8) is 0 Å². The maximum absolute atomic E-state index is 13.2. The summed E-state index contributed by atoms with van der Waals surface area (Å²) in [6, 6.07) is 12.2. The van der Waals surface area contributed by atoms with Gasteiger partial charge in [-0.2, -0.15) is 0 Å². The van der Waals surface area contributed by atoms with Crippen LogP contribution < -0.4 is 5.32 Å². The van der Waals surface area contributed by atoms with Crippen LogP contribution in [0.2, 0.25) is 5.02 Å². The van der Waals surface area contributed by atoms with Crippen LogP contribution in [-0.2, 0) is 6.54 Å². The van der Waals surface area contributed by atoms with Crippen molar-refractivity contribution >= 4 is 34.6 Å². The number of hydrogen-bond donors (Lipinski definition) is 1. The Balaban J connectivity index is 2.00. The van der Waals surface area contributed by atoms with Crippen molar-refractivity contribution in [1.82, 2.24) is 4.90 Å².